The quantitative estimate of drug-likeness (QED) is 0.388. The smallest absolute Gasteiger partial charge is 0.358 e. The Hall–Kier alpha value is 0.194. The maximum Gasteiger partial charge on any atom is 3.00 e. The molecule has 0 spiro atoms. The Kier molecular flexibility index (Phi) is 12.2. The minimum absolute atomic E-state index is 0. The molecule has 0 aromatic heterocycles. The van der Waals surface area contributed by atoms with Crippen molar-refractivity contribution in [1.82, 2.24) is 0 Å². The van der Waals surface area contributed by atoms with Crippen molar-refractivity contribution in [2.24, 2.45) is 0 Å². The Balaban J connectivity index is -0.000000163. The fourth-order valence-electron chi connectivity index (χ4n) is 0.745. The van der Waals surface area contributed by atoms with Gasteiger partial charge in [-0.05, 0) is 0 Å². The van der Waals surface area contributed by atoms with Crippen LogP contribution in [0.2, 0.25) is 0 Å². The van der Waals surface area contributed by atoms with Gasteiger partial charge < -0.3 is 14.9 Å². The minimum atomic E-state index is 0. The first-order valence-corrected chi connectivity index (χ1v) is 2.55. The summed E-state index contributed by atoms with van der Waals surface area (Å²) in [4.78, 5) is 0. The molecule has 10 heavy (non-hydrogen) atoms. The molecule has 0 aromatic rings. The van der Waals surface area contributed by atoms with Crippen LogP contribution >= 0.6 is 0 Å². The van der Waals surface area contributed by atoms with E-state index in [2.05, 4.69) is 26.0 Å². The first-order chi connectivity index (χ1) is 3.29. The average molecular weight is 171 g/mol. The van der Waals surface area contributed by atoms with Gasteiger partial charge in [-0.25, -0.2) is 11.6 Å². The van der Waals surface area contributed by atoms with Gasteiger partial charge in [-0.2, -0.15) is 5.57 Å². The molecule has 1 aliphatic carbocycles. The molecule has 0 bridgehead atoms. The molecule has 0 fully saturated rings. The third-order valence-electron chi connectivity index (χ3n) is 1.12. The van der Waals surface area contributed by atoms with E-state index in [1.54, 1.807) is 0 Å². The Bertz CT molecular complexity index is 132. The van der Waals surface area contributed by atoms with Crippen molar-refractivity contribution in [2.45, 2.75) is 20.3 Å². The molecule has 0 aliphatic heterocycles. The number of hydrogen-bond donors (Lipinski definition) is 0. The van der Waals surface area contributed by atoms with Crippen molar-refractivity contribution in [1.29, 1.82) is 0 Å². The molecule has 0 saturated heterocycles. The van der Waals surface area contributed by atoms with E-state index in [9.17, 15) is 0 Å². The van der Waals surface area contributed by atoms with Gasteiger partial charge in [0, 0.05) is 0 Å². The van der Waals surface area contributed by atoms with Crippen LogP contribution in [-0.2, 0) is 21.7 Å². The van der Waals surface area contributed by atoms with E-state index in [1.807, 2.05) is 0 Å². The summed E-state index contributed by atoms with van der Waals surface area (Å²) in [6.07, 6.45) is 6.50. The van der Waals surface area contributed by atoms with Crippen LogP contribution in [0.3, 0.4) is 0 Å². The predicted molar refractivity (Wildman–Crippen MR) is 43.6 cm³/mol. The van der Waals surface area contributed by atoms with Gasteiger partial charge in [0.05, 0.1) is 0 Å². The van der Waals surface area contributed by atoms with E-state index >= 15 is 0 Å². The van der Waals surface area contributed by atoms with Gasteiger partial charge in [-0.1, -0.05) is 20.3 Å². The van der Waals surface area contributed by atoms with E-state index in [0.717, 1.165) is 6.42 Å². The van der Waals surface area contributed by atoms with Crippen LogP contribution in [0.1, 0.15) is 20.3 Å². The third-order valence-corrected chi connectivity index (χ3v) is 1.12. The third kappa shape index (κ3) is 5.02. The average Bonchev–Trinajstić information content (AvgIpc) is 1.87. The molecule has 0 unspecified atom stereocenters. The van der Waals surface area contributed by atoms with Gasteiger partial charge in [0.15, 0.2) is 0 Å². The Labute approximate surface area is 80.3 Å². The summed E-state index contributed by atoms with van der Waals surface area (Å²) in [5.41, 5.74) is 2.65. The van der Waals surface area contributed by atoms with Crippen molar-refractivity contribution >= 4 is 0 Å². The second kappa shape index (κ2) is 7.30. The zero-order chi connectivity index (χ0) is 5.28. The van der Waals surface area contributed by atoms with Crippen molar-refractivity contribution in [3.63, 3.8) is 0 Å². The molecule has 0 nitrogen and oxygen atoms in total. The normalized spacial score (nSPS) is 13.4. The zero-order valence-corrected chi connectivity index (χ0v) is 8.85. The second-order valence-electron chi connectivity index (χ2n) is 2.00. The van der Waals surface area contributed by atoms with Crippen molar-refractivity contribution in [2.75, 3.05) is 0 Å². The monoisotopic (exact) mass is 171 g/mol. The van der Waals surface area contributed by atoms with Crippen LogP contribution in [0.15, 0.2) is 17.2 Å². The summed E-state index contributed by atoms with van der Waals surface area (Å²) in [5, 5.41) is 0. The largest absolute Gasteiger partial charge is 3.00 e. The summed E-state index contributed by atoms with van der Waals surface area (Å²) in [6.45, 7) is 4.18. The van der Waals surface area contributed by atoms with Gasteiger partial charge in [0.25, 0.3) is 0 Å². The van der Waals surface area contributed by atoms with E-state index in [4.69, 9.17) is 0 Å². The van der Waals surface area contributed by atoms with E-state index in [-0.39, 0.29) is 36.6 Å². The molecule has 0 N–H and O–H groups in total. The van der Waals surface area contributed by atoms with E-state index in [0.29, 0.717) is 0 Å². The van der Waals surface area contributed by atoms with E-state index < -0.39 is 0 Å². The fraction of sp³-hybridized carbons (Fsp3) is 0.333. The number of allylic oxidation sites excluding steroid dienone is 4. The van der Waals surface area contributed by atoms with E-state index in [1.165, 1.54) is 11.1 Å². The molecule has 0 saturated carbocycles. The van der Waals surface area contributed by atoms with Gasteiger partial charge in [0.1, 0.15) is 0 Å². The predicted octanol–water partition coefficient (Wildman–Crippen LogP) is 2.98. The maximum absolute atomic E-state index is 3.19. The van der Waals surface area contributed by atoms with Crippen LogP contribution in [0.5, 0.6) is 0 Å². The zero-order valence-electron chi connectivity index (χ0n) is 7.28. The molecule has 1 heteroatoms. The molecular formula is C9H15Ti. The molecule has 0 amide bonds. The van der Waals surface area contributed by atoms with Crippen LogP contribution in [0.4, 0.5) is 0 Å². The van der Waals surface area contributed by atoms with Crippen molar-refractivity contribution < 1.29 is 21.7 Å². The van der Waals surface area contributed by atoms with Crippen molar-refractivity contribution in [3.8, 4) is 0 Å². The van der Waals surface area contributed by atoms with Gasteiger partial charge in [-0.3, -0.25) is 6.08 Å². The number of hydrogen-bond acceptors (Lipinski definition) is 0. The summed E-state index contributed by atoms with van der Waals surface area (Å²) < 4.78 is 0. The molecule has 1 radical (unpaired) electrons. The fourth-order valence-corrected chi connectivity index (χ4v) is 0.745. The first-order valence-electron chi connectivity index (χ1n) is 2.55. The molecule has 0 aromatic carbocycles. The standard InChI is InChI=1S/C7H9.2CH3.Ti/c1-6-3-4-7(2)5-6;;;/h3H,4H2,1-2H3;2*1H3;/q3*-1;+3. The summed E-state index contributed by atoms with van der Waals surface area (Å²) in [5.74, 6) is 0. The first kappa shape index (κ1) is 16.7. The minimum Gasteiger partial charge on any atom is -0.358 e. The van der Waals surface area contributed by atoms with Gasteiger partial charge in [-0.15, -0.1) is 0 Å². The maximum atomic E-state index is 3.19. The van der Waals surface area contributed by atoms with Crippen molar-refractivity contribution in [3.05, 3.63) is 38.2 Å². The van der Waals surface area contributed by atoms with Crippen LogP contribution in [0.25, 0.3) is 0 Å². The molecule has 0 atom stereocenters. The molecular weight excluding hydrogens is 156 g/mol. The Morgan fingerprint density at radius 1 is 1.30 bits per heavy atom. The SMILES string of the molecule is CC1=[C-]C(C)=CC1.[CH3-].[CH3-].[Ti+3]. The van der Waals surface area contributed by atoms with Crippen LogP contribution in [-0.4, -0.2) is 0 Å². The second-order valence-corrected chi connectivity index (χ2v) is 2.00. The Morgan fingerprint density at radius 2 is 1.80 bits per heavy atom. The summed E-state index contributed by atoms with van der Waals surface area (Å²) in [7, 11) is 0. The molecule has 1 aliphatic rings. The summed E-state index contributed by atoms with van der Waals surface area (Å²) in [6, 6.07) is 0. The topological polar surface area (TPSA) is 0 Å². The van der Waals surface area contributed by atoms with Gasteiger partial charge >= 0.3 is 21.7 Å². The van der Waals surface area contributed by atoms with Crippen LogP contribution < -0.4 is 0 Å². The molecule has 55 valence electrons. The van der Waals surface area contributed by atoms with Gasteiger partial charge in [0.2, 0.25) is 0 Å². The van der Waals surface area contributed by atoms with Crippen LogP contribution in [0, 0.1) is 20.9 Å². The summed E-state index contributed by atoms with van der Waals surface area (Å²) >= 11 is 0. The molecule has 0 heterocycles. The number of rotatable bonds is 0. The molecule has 1 rings (SSSR count). The Morgan fingerprint density at radius 3 is 1.90 bits per heavy atom.